The molecule has 0 aliphatic carbocycles. The highest BCUT2D eigenvalue weighted by molar-refractivity contribution is 9.10. The molecule has 20 heavy (non-hydrogen) atoms. The molecule has 0 saturated carbocycles. The van der Waals surface area contributed by atoms with Gasteiger partial charge in [-0.1, -0.05) is 35.3 Å². The molecule has 5 heteroatoms. The Kier molecular flexibility index (Phi) is 3.87. The number of benzene rings is 2. The number of hydrogen-bond acceptors (Lipinski definition) is 2. The van der Waals surface area contributed by atoms with Crippen molar-refractivity contribution in [3.05, 3.63) is 67.4 Å². The highest BCUT2D eigenvalue weighted by atomic mass is 79.9. The van der Waals surface area contributed by atoms with E-state index in [9.17, 15) is 4.79 Å². The summed E-state index contributed by atoms with van der Waals surface area (Å²) in [7, 11) is 0. The Morgan fingerprint density at radius 2 is 1.90 bits per heavy atom. The van der Waals surface area contributed by atoms with Crippen molar-refractivity contribution in [1.29, 1.82) is 0 Å². The lowest BCUT2D eigenvalue weighted by Gasteiger charge is -2.03. The van der Waals surface area contributed by atoms with Gasteiger partial charge in [0.2, 0.25) is 0 Å². The standard InChI is InChI=1S/C15H7BrCl2OS/c16-12-3-1-2-9-11(7-20-15(9)12)14(19)10-5-4-8(17)6-13(10)18/h1-7H. The van der Waals surface area contributed by atoms with E-state index in [2.05, 4.69) is 15.9 Å². The lowest BCUT2D eigenvalue weighted by Crippen LogP contribution is -2.01. The average molecular weight is 386 g/mol. The molecular formula is C15H7BrCl2OS. The SMILES string of the molecule is O=C(c1ccc(Cl)cc1Cl)c1csc2c(Br)cccc12. The third-order valence-corrected chi connectivity index (χ3v) is 5.47. The fourth-order valence-electron chi connectivity index (χ4n) is 2.02. The first kappa shape index (κ1) is 14.1. The van der Waals surface area contributed by atoms with E-state index in [1.807, 2.05) is 23.6 Å². The average Bonchev–Trinajstić information content (AvgIpc) is 2.83. The second-order valence-corrected chi connectivity index (χ2v) is 6.80. The van der Waals surface area contributed by atoms with Gasteiger partial charge in [-0.05, 0) is 40.2 Å². The molecule has 0 N–H and O–H groups in total. The molecule has 0 saturated heterocycles. The summed E-state index contributed by atoms with van der Waals surface area (Å²) < 4.78 is 2.04. The van der Waals surface area contributed by atoms with Crippen LogP contribution in [0.3, 0.4) is 0 Å². The third-order valence-electron chi connectivity index (χ3n) is 2.97. The van der Waals surface area contributed by atoms with Crippen molar-refractivity contribution >= 4 is 66.3 Å². The van der Waals surface area contributed by atoms with Crippen LogP contribution in [0.2, 0.25) is 10.0 Å². The molecule has 0 fully saturated rings. The van der Waals surface area contributed by atoms with Crippen molar-refractivity contribution < 1.29 is 4.79 Å². The second-order valence-electron chi connectivity index (χ2n) is 4.22. The number of ketones is 1. The van der Waals surface area contributed by atoms with Gasteiger partial charge in [-0.25, -0.2) is 0 Å². The molecule has 100 valence electrons. The first-order valence-corrected chi connectivity index (χ1v) is 8.16. The maximum absolute atomic E-state index is 12.6. The molecule has 0 aliphatic rings. The van der Waals surface area contributed by atoms with E-state index < -0.39 is 0 Å². The second kappa shape index (κ2) is 5.49. The van der Waals surface area contributed by atoms with E-state index in [-0.39, 0.29) is 5.78 Å². The van der Waals surface area contributed by atoms with Gasteiger partial charge in [-0.15, -0.1) is 11.3 Å². The Hall–Kier alpha value is -0.870. The molecule has 2 aromatic carbocycles. The third kappa shape index (κ3) is 2.40. The summed E-state index contributed by atoms with van der Waals surface area (Å²) in [5.41, 5.74) is 1.13. The van der Waals surface area contributed by atoms with Crippen molar-refractivity contribution in [3.63, 3.8) is 0 Å². The van der Waals surface area contributed by atoms with Crippen molar-refractivity contribution in [2.75, 3.05) is 0 Å². The summed E-state index contributed by atoms with van der Waals surface area (Å²) in [5, 5.41) is 3.68. The fourth-order valence-corrected chi connectivity index (χ4v) is 4.11. The van der Waals surface area contributed by atoms with Crippen LogP contribution in [0.1, 0.15) is 15.9 Å². The topological polar surface area (TPSA) is 17.1 Å². The smallest absolute Gasteiger partial charge is 0.195 e. The van der Waals surface area contributed by atoms with E-state index >= 15 is 0 Å². The summed E-state index contributed by atoms with van der Waals surface area (Å²) in [4.78, 5) is 12.6. The Balaban J connectivity index is 2.16. The van der Waals surface area contributed by atoms with E-state index in [1.165, 1.54) is 11.3 Å². The highest BCUT2D eigenvalue weighted by Crippen LogP contribution is 2.34. The van der Waals surface area contributed by atoms with Crippen molar-refractivity contribution in [2.24, 2.45) is 0 Å². The molecule has 0 radical (unpaired) electrons. The Morgan fingerprint density at radius 1 is 1.10 bits per heavy atom. The Morgan fingerprint density at radius 3 is 2.65 bits per heavy atom. The molecule has 3 aromatic rings. The largest absolute Gasteiger partial charge is 0.289 e. The molecule has 0 amide bonds. The number of carbonyl (C=O) groups is 1. The summed E-state index contributed by atoms with van der Waals surface area (Å²) in [6.45, 7) is 0. The fraction of sp³-hybridized carbons (Fsp3) is 0. The number of carbonyl (C=O) groups excluding carboxylic acids is 1. The number of thiophene rings is 1. The first-order valence-electron chi connectivity index (χ1n) is 5.73. The van der Waals surface area contributed by atoms with Gasteiger partial charge < -0.3 is 0 Å². The van der Waals surface area contributed by atoms with Gasteiger partial charge in [0.25, 0.3) is 0 Å². The van der Waals surface area contributed by atoms with Gasteiger partial charge in [0, 0.05) is 36.1 Å². The monoisotopic (exact) mass is 384 g/mol. The van der Waals surface area contributed by atoms with Gasteiger partial charge in [-0.2, -0.15) is 0 Å². The van der Waals surface area contributed by atoms with Gasteiger partial charge in [0.1, 0.15) is 0 Å². The van der Waals surface area contributed by atoms with Crippen LogP contribution >= 0.6 is 50.5 Å². The van der Waals surface area contributed by atoms with Crippen molar-refractivity contribution in [3.8, 4) is 0 Å². The first-order chi connectivity index (χ1) is 9.58. The van der Waals surface area contributed by atoms with Crippen molar-refractivity contribution in [1.82, 2.24) is 0 Å². The molecule has 1 heterocycles. The molecule has 0 spiro atoms. The normalized spacial score (nSPS) is 10.9. The zero-order valence-corrected chi connectivity index (χ0v) is 13.9. The molecule has 1 nitrogen and oxygen atoms in total. The Labute approximate surface area is 138 Å². The predicted molar refractivity (Wildman–Crippen MR) is 89.4 cm³/mol. The number of hydrogen-bond donors (Lipinski definition) is 0. The van der Waals surface area contributed by atoms with Crippen LogP contribution in [0.15, 0.2) is 46.3 Å². The van der Waals surface area contributed by atoms with Gasteiger partial charge in [0.15, 0.2) is 5.78 Å². The van der Waals surface area contributed by atoms with Gasteiger partial charge in [0.05, 0.1) is 5.02 Å². The maximum atomic E-state index is 12.6. The maximum Gasteiger partial charge on any atom is 0.195 e. The van der Waals surface area contributed by atoms with Crippen LogP contribution in [0.25, 0.3) is 10.1 Å². The summed E-state index contributed by atoms with van der Waals surface area (Å²) in [5.74, 6) is -0.0870. The van der Waals surface area contributed by atoms with E-state index in [0.29, 0.717) is 21.2 Å². The molecule has 3 rings (SSSR count). The van der Waals surface area contributed by atoms with E-state index in [1.54, 1.807) is 18.2 Å². The predicted octanol–water partition coefficient (Wildman–Crippen LogP) is 6.20. The number of fused-ring (bicyclic) bond motifs is 1. The number of halogens is 3. The molecule has 0 atom stereocenters. The highest BCUT2D eigenvalue weighted by Gasteiger charge is 2.17. The van der Waals surface area contributed by atoms with Crippen LogP contribution in [-0.2, 0) is 0 Å². The molecule has 0 unspecified atom stereocenters. The minimum absolute atomic E-state index is 0.0870. The van der Waals surface area contributed by atoms with Crippen molar-refractivity contribution in [2.45, 2.75) is 0 Å². The van der Waals surface area contributed by atoms with Gasteiger partial charge >= 0.3 is 0 Å². The lowest BCUT2D eigenvalue weighted by atomic mass is 10.0. The molecule has 0 bridgehead atoms. The minimum atomic E-state index is -0.0870. The van der Waals surface area contributed by atoms with Crippen LogP contribution in [0.4, 0.5) is 0 Å². The van der Waals surface area contributed by atoms with Gasteiger partial charge in [-0.3, -0.25) is 4.79 Å². The minimum Gasteiger partial charge on any atom is -0.289 e. The Bertz CT molecular complexity index is 826. The number of rotatable bonds is 2. The van der Waals surface area contributed by atoms with Crippen LogP contribution < -0.4 is 0 Å². The van der Waals surface area contributed by atoms with E-state index in [0.717, 1.165) is 14.6 Å². The van der Waals surface area contributed by atoms with E-state index in [4.69, 9.17) is 23.2 Å². The quantitative estimate of drug-likeness (QED) is 0.480. The zero-order chi connectivity index (χ0) is 14.3. The van der Waals surface area contributed by atoms with Crippen LogP contribution in [0.5, 0.6) is 0 Å². The summed E-state index contributed by atoms with van der Waals surface area (Å²) in [6.07, 6.45) is 0. The molecule has 1 aromatic heterocycles. The van der Waals surface area contributed by atoms with Crippen LogP contribution in [0, 0.1) is 0 Å². The lowest BCUT2D eigenvalue weighted by molar-refractivity contribution is 0.104. The molecule has 0 aliphatic heterocycles. The van der Waals surface area contributed by atoms with Crippen LogP contribution in [-0.4, -0.2) is 5.78 Å². The summed E-state index contributed by atoms with van der Waals surface area (Å²) in [6, 6.07) is 10.7. The zero-order valence-electron chi connectivity index (χ0n) is 9.99. The molecular weight excluding hydrogens is 379 g/mol. The summed E-state index contributed by atoms with van der Waals surface area (Å²) >= 11 is 17.0.